The molecule has 218 valence electrons. The van der Waals surface area contributed by atoms with Crippen molar-refractivity contribution in [1.29, 1.82) is 0 Å². The largest absolute Gasteiger partial charge is 0.458 e. The number of aryl methyl sites for hydroxylation is 1. The molecular weight excluding hydrogens is 533 g/mol. The molecule has 0 amide bonds. The Labute approximate surface area is 231 Å². The van der Waals surface area contributed by atoms with Crippen molar-refractivity contribution >= 4 is 18.2 Å². The van der Waals surface area contributed by atoms with Crippen LogP contribution in [0.2, 0.25) is 6.32 Å². The molecule has 1 fully saturated rings. The smallest absolute Gasteiger partial charge is 0.405 e. The van der Waals surface area contributed by atoms with Gasteiger partial charge in [-0.25, -0.2) is 4.98 Å². The predicted octanol–water partition coefficient (Wildman–Crippen LogP) is 8.42. The van der Waals surface area contributed by atoms with Gasteiger partial charge in [0.2, 0.25) is 0 Å². The van der Waals surface area contributed by atoms with Crippen molar-refractivity contribution in [1.82, 2.24) is 9.55 Å². The first-order valence-corrected chi connectivity index (χ1v) is 13.7. The lowest BCUT2D eigenvalue weighted by Gasteiger charge is -2.39. The molecule has 1 aliphatic rings. The van der Waals surface area contributed by atoms with Crippen LogP contribution in [0.4, 0.5) is 26.3 Å². The Morgan fingerprint density at radius 1 is 1.02 bits per heavy atom. The van der Waals surface area contributed by atoms with Crippen LogP contribution in [0.25, 0.3) is 11.0 Å². The zero-order chi connectivity index (χ0) is 29.5. The first-order chi connectivity index (χ1) is 18.7. The van der Waals surface area contributed by atoms with Gasteiger partial charge in [0, 0.05) is 13.0 Å². The summed E-state index contributed by atoms with van der Waals surface area (Å²) in [5.41, 5.74) is -2.19. The number of nitrogens with zero attached hydrogens (tertiary/aromatic N) is 2. The third kappa shape index (κ3) is 6.05. The van der Waals surface area contributed by atoms with E-state index in [4.69, 9.17) is 9.31 Å². The predicted molar refractivity (Wildman–Crippen MR) is 143 cm³/mol. The van der Waals surface area contributed by atoms with Crippen LogP contribution in [0.1, 0.15) is 70.0 Å². The fourth-order valence-electron chi connectivity index (χ4n) is 6.26. The first-order valence-electron chi connectivity index (χ1n) is 13.7. The highest BCUT2D eigenvalue weighted by atomic mass is 19.4. The van der Waals surface area contributed by atoms with Gasteiger partial charge in [-0.15, -0.1) is 0 Å². The van der Waals surface area contributed by atoms with Crippen LogP contribution < -0.4 is 0 Å². The molecule has 0 radical (unpaired) electrons. The quantitative estimate of drug-likeness (QED) is 0.192. The highest BCUT2D eigenvalue weighted by molar-refractivity contribution is 6.45. The SMILES string of the molecule is CCC1OB(CCc2nc3ccccc3n2Cc2ccc(C(F)(F)F)cc2C(F)(F)F)OC1(C)C(CC)C(C)C. The van der Waals surface area contributed by atoms with E-state index in [-0.39, 0.29) is 30.2 Å². The summed E-state index contributed by atoms with van der Waals surface area (Å²) in [6, 6.07) is 8.80. The second-order valence-electron chi connectivity index (χ2n) is 11.0. The van der Waals surface area contributed by atoms with Crippen LogP contribution in [0.15, 0.2) is 42.5 Å². The number of para-hydroxylation sites is 2. The summed E-state index contributed by atoms with van der Waals surface area (Å²) in [6.07, 6.45) is -7.43. The van der Waals surface area contributed by atoms with Gasteiger partial charge in [-0.3, -0.25) is 0 Å². The molecule has 4 nitrogen and oxygen atoms in total. The zero-order valence-corrected chi connectivity index (χ0v) is 23.4. The number of rotatable bonds is 9. The maximum Gasteiger partial charge on any atom is 0.458 e. The van der Waals surface area contributed by atoms with E-state index in [9.17, 15) is 26.3 Å². The summed E-state index contributed by atoms with van der Waals surface area (Å²) in [5, 5.41) is 0. The standard InChI is InChI=1S/C29H35BF6N2O2/c1-6-21(18(3)4)27(5)25(7-2)39-30(40-27)15-14-26-37-23-10-8-9-11-24(23)38(26)17-19-12-13-20(28(31,32)33)16-22(19)29(34,35)36/h8-13,16,18,21,25H,6-7,14-15,17H2,1-5H3. The number of hydrogen-bond acceptors (Lipinski definition) is 3. The number of aromatic nitrogens is 2. The molecule has 4 rings (SSSR count). The third-order valence-corrected chi connectivity index (χ3v) is 8.10. The Morgan fingerprint density at radius 3 is 2.33 bits per heavy atom. The maximum absolute atomic E-state index is 13.9. The summed E-state index contributed by atoms with van der Waals surface area (Å²) >= 11 is 0. The zero-order valence-electron chi connectivity index (χ0n) is 23.4. The number of halogens is 6. The van der Waals surface area contributed by atoms with Crippen molar-refractivity contribution in [3.63, 3.8) is 0 Å². The molecule has 0 aliphatic carbocycles. The first kappa shape index (κ1) is 30.4. The van der Waals surface area contributed by atoms with Crippen LogP contribution in [0.5, 0.6) is 0 Å². The van der Waals surface area contributed by atoms with Crippen LogP contribution in [-0.2, 0) is 34.6 Å². The molecule has 11 heteroatoms. The molecule has 40 heavy (non-hydrogen) atoms. The molecule has 2 heterocycles. The average molecular weight is 568 g/mol. The van der Waals surface area contributed by atoms with Gasteiger partial charge in [0.05, 0.1) is 33.9 Å². The minimum absolute atomic E-state index is 0.0924. The van der Waals surface area contributed by atoms with E-state index in [2.05, 4.69) is 39.6 Å². The fourth-order valence-corrected chi connectivity index (χ4v) is 6.26. The summed E-state index contributed by atoms with van der Waals surface area (Å²) < 4.78 is 95.7. The summed E-state index contributed by atoms with van der Waals surface area (Å²) in [5.74, 6) is 1.19. The van der Waals surface area contributed by atoms with Gasteiger partial charge in [0.1, 0.15) is 5.82 Å². The van der Waals surface area contributed by atoms with Crippen LogP contribution >= 0.6 is 0 Å². The van der Waals surface area contributed by atoms with E-state index in [0.717, 1.165) is 18.9 Å². The number of alkyl halides is 6. The lowest BCUT2D eigenvalue weighted by molar-refractivity contribution is -0.143. The van der Waals surface area contributed by atoms with Crippen molar-refractivity contribution in [2.45, 2.75) is 90.8 Å². The van der Waals surface area contributed by atoms with Gasteiger partial charge in [0.15, 0.2) is 0 Å². The molecule has 1 aliphatic heterocycles. The second kappa shape index (κ2) is 11.4. The van der Waals surface area contributed by atoms with Crippen molar-refractivity contribution in [3.8, 4) is 0 Å². The molecule has 0 bridgehead atoms. The highest BCUT2D eigenvalue weighted by Gasteiger charge is 2.51. The van der Waals surface area contributed by atoms with Crippen molar-refractivity contribution in [3.05, 3.63) is 65.0 Å². The topological polar surface area (TPSA) is 36.3 Å². The molecule has 3 atom stereocenters. The van der Waals surface area contributed by atoms with Gasteiger partial charge < -0.3 is 13.9 Å². The third-order valence-electron chi connectivity index (χ3n) is 8.10. The Balaban J connectivity index is 1.64. The number of benzene rings is 2. The summed E-state index contributed by atoms with van der Waals surface area (Å²) in [4.78, 5) is 4.66. The number of hydrogen-bond donors (Lipinski definition) is 0. The maximum atomic E-state index is 13.9. The molecule has 1 aromatic heterocycles. The molecule has 2 aromatic carbocycles. The van der Waals surface area contributed by atoms with E-state index in [1.807, 2.05) is 0 Å². The van der Waals surface area contributed by atoms with E-state index in [0.29, 0.717) is 41.6 Å². The highest BCUT2D eigenvalue weighted by Crippen LogP contribution is 2.42. The van der Waals surface area contributed by atoms with E-state index in [1.165, 1.54) is 0 Å². The van der Waals surface area contributed by atoms with Crippen molar-refractivity contribution in [2.75, 3.05) is 0 Å². The molecule has 0 N–H and O–H groups in total. The van der Waals surface area contributed by atoms with Gasteiger partial charge in [0.25, 0.3) is 0 Å². The lowest BCUT2D eigenvalue weighted by atomic mass is 9.74. The molecular formula is C29H35BF6N2O2. The van der Waals surface area contributed by atoms with Gasteiger partial charge in [-0.1, -0.05) is 52.3 Å². The Hall–Kier alpha value is -2.53. The number of fused-ring (bicyclic) bond motifs is 1. The summed E-state index contributed by atoms with van der Waals surface area (Å²) in [6.45, 7) is 10.3. The monoisotopic (exact) mass is 568 g/mol. The van der Waals surface area contributed by atoms with Crippen LogP contribution in [-0.4, -0.2) is 28.4 Å². The van der Waals surface area contributed by atoms with E-state index >= 15 is 0 Å². The number of imidazole rings is 1. The van der Waals surface area contributed by atoms with Crippen LogP contribution in [0.3, 0.4) is 0 Å². The van der Waals surface area contributed by atoms with Gasteiger partial charge >= 0.3 is 19.5 Å². The Bertz CT molecular complexity index is 1320. The summed E-state index contributed by atoms with van der Waals surface area (Å²) in [7, 11) is -0.507. The average Bonchev–Trinajstić information content (AvgIpc) is 3.38. The Kier molecular flexibility index (Phi) is 8.67. The molecule has 3 aromatic rings. The normalized spacial score (nSPS) is 21.1. The van der Waals surface area contributed by atoms with Crippen molar-refractivity contribution in [2.24, 2.45) is 11.8 Å². The molecule has 3 unspecified atom stereocenters. The Morgan fingerprint density at radius 2 is 1.73 bits per heavy atom. The fraction of sp³-hybridized carbons (Fsp3) is 0.552. The van der Waals surface area contributed by atoms with Crippen LogP contribution in [0, 0.1) is 11.8 Å². The minimum atomic E-state index is -4.95. The van der Waals surface area contributed by atoms with Crippen molar-refractivity contribution < 1.29 is 35.7 Å². The minimum Gasteiger partial charge on any atom is -0.405 e. The van der Waals surface area contributed by atoms with E-state index in [1.54, 1.807) is 28.8 Å². The molecule has 0 saturated carbocycles. The molecule has 0 spiro atoms. The lowest BCUT2D eigenvalue weighted by Crippen LogP contribution is -2.46. The van der Waals surface area contributed by atoms with E-state index < -0.39 is 36.2 Å². The molecule has 1 saturated heterocycles. The van der Waals surface area contributed by atoms with Gasteiger partial charge in [-0.05, 0) is 61.3 Å². The van der Waals surface area contributed by atoms with Gasteiger partial charge in [-0.2, -0.15) is 26.3 Å². The second-order valence-corrected chi connectivity index (χ2v) is 11.0.